The summed E-state index contributed by atoms with van der Waals surface area (Å²) in [5.74, 6) is -0.330. The zero-order valence-electron chi connectivity index (χ0n) is 18.5. The predicted molar refractivity (Wildman–Crippen MR) is 126 cm³/mol. The molecule has 1 amide bonds. The Morgan fingerprint density at radius 1 is 1.03 bits per heavy atom. The molecule has 2 aliphatic rings. The van der Waals surface area contributed by atoms with E-state index < -0.39 is 10.0 Å². The first-order valence-corrected chi connectivity index (χ1v) is 12.7. The highest BCUT2D eigenvalue weighted by molar-refractivity contribution is 7.89. The monoisotopic (exact) mass is 457 g/mol. The summed E-state index contributed by atoms with van der Waals surface area (Å²) in [4.78, 5) is 15.4. The SMILES string of the molecule is CN(C1CCCCC1)S(=O)(=O)c1cccc(C(=O)Nc2ccccc2N2CCOCC2)c1. The highest BCUT2D eigenvalue weighted by atomic mass is 32.2. The summed E-state index contributed by atoms with van der Waals surface area (Å²) in [6, 6.07) is 14.0. The number of morpholine rings is 1. The van der Waals surface area contributed by atoms with E-state index in [0.717, 1.165) is 50.9 Å². The Hall–Kier alpha value is -2.42. The molecular weight excluding hydrogens is 426 g/mol. The predicted octanol–water partition coefficient (Wildman–Crippen LogP) is 3.73. The molecule has 1 N–H and O–H groups in total. The lowest BCUT2D eigenvalue weighted by molar-refractivity contribution is 0.102. The van der Waals surface area contributed by atoms with Crippen molar-refractivity contribution in [1.29, 1.82) is 0 Å². The van der Waals surface area contributed by atoms with Gasteiger partial charge >= 0.3 is 0 Å². The third-order valence-corrected chi connectivity index (χ3v) is 8.27. The molecule has 0 radical (unpaired) electrons. The average molecular weight is 458 g/mol. The van der Waals surface area contributed by atoms with Gasteiger partial charge in [0.05, 0.1) is 29.5 Å². The molecule has 1 aliphatic carbocycles. The minimum absolute atomic E-state index is 0.0200. The van der Waals surface area contributed by atoms with Gasteiger partial charge in [-0.2, -0.15) is 4.31 Å². The van der Waals surface area contributed by atoms with Gasteiger partial charge in [0, 0.05) is 31.7 Å². The molecule has 1 saturated heterocycles. The van der Waals surface area contributed by atoms with Crippen molar-refractivity contribution in [2.24, 2.45) is 0 Å². The first kappa shape index (κ1) is 22.8. The number of anilines is 2. The fourth-order valence-corrected chi connectivity index (χ4v) is 5.92. The molecule has 2 aromatic rings. The number of nitrogens with one attached hydrogen (secondary N) is 1. The number of amides is 1. The summed E-state index contributed by atoms with van der Waals surface area (Å²) in [5, 5.41) is 2.97. The number of rotatable bonds is 6. The van der Waals surface area contributed by atoms with Crippen LogP contribution in [0.5, 0.6) is 0 Å². The van der Waals surface area contributed by atoms with E-state index >= 15 is 0 Å². The quantitative estimate of drug-likeness (QED) is 0.715. The van der Waals surface area contributed by atoms with Crippen LogP contribution in [-0.4, -0.2) is 58.0 Å². The van der Waals surface area contributed by atoms with Crippen molar-refractivity contribution < 1.29 is 17.9 Å². The van der Waals surface area contributed by atoms with Crippen molar-refractivity contribution in [3.63, 3.8) is 0 Å². The second-order valence-corrected chi connectivity index (χ2v) is 10.4. The molecule has 2 fully saturated rings. The minimum atomic E-state index is -3.66. The van der Waals surface area contributed by atoms with Crippen molar-refractivity contribution in [2.45, 2.75) is 43.0 Å². The van der Waals surface area contributed by atoms with Gasteiger partial charge in [0.1, 0.15) is 0 Å². The Kier molecular flexibility index (Phi) is 7.13. The molecule has 1 aliphatic heterocycles. The van der Waals surface area contributed by atoms with Gasteiger partial charge in [-0.1, -0.05) is 37.5 Å². The lowest BCUT2D eigenvalue weighted by Gasteiger charge is -2.30. The van der Waals surface area contributed by atoms with Gasteiger partial charge in [0.25, 0.3) is 5.91 Å². The van der Waals surface area contributed by atoms with Crippen LogP contribution in [-0.2, 0) is 14.8 Å². The second kappa shape index (κ2) is 10.0. The van der Waals surface area contributed by atoms with Crippen LogP contribution in [0.25, 0.3) is 0 Å². The molecule has 0 aromatic heterocycles. The summed E-state index contributed by atoms with van der Waals surface area (Å²) < 4.78 is 33.3. The van der Waals surface area contributed by atoms with Crippen LogP contribution in [0, 0.1) is 0 Å². The number of sulfonamides is 1. The average Bonchev–Trinajstić information content (AvgIpc) is 2.85. The van der Waals surface area contributed by atoms with Crippen molar-refractivity contribution in [1.82, 2.24) is 4.31 Å². The highest BCUT2D eigenvalue weighted by Gasteiger charge is 2.29. The van der Waals surface area contributed by atoms with Gasteiger partial charge in [0.15, 0.2) is 0 Å². The normalized spacial score (nSPS) is 18.0. The summed E-state index contributed by atoms with van der Waals surface area (Å²) in [6.07, 6.45) is 5.03. The maximum absolute atomic E-state index is 13.2. The molecular formula is C24H31N3O4S. The van der Waals surface area contributed by atoms with E-state index in [4.69, 9.17) is 4.74 Å². The number of hydrogen-bond acceptors (Lipinski definition) is 5. The number of hydrogen-bond donors (Lipinski definition) is 1. The van der Waals surface area contributed by atoms with Crippen molar-refractivity contribution in [3.8, 4) is 0 Å². The van der Waals surface area contributed by atoms with Gasteiger partial charge < -0.3 is 15.0 Å². The first-order chi connectivity index (χ1) is 15.5. The molecule has 1 heterocycles. The Bertz CT molecular complexity index is 1040. The van der Waals surface area contributed by atoms with Crippen LogP contribution < -0.4 is 10.2 Å². The molecule has 4 rings (SSSR count). The van der Waals surface area contributed by atoms with E-state index in [9.17, 15) is 13.2 Å². The topological polar surface area (TPSA) is 79.0 Å². The zero-order chi connectivity index (χ0) is 22.6. The number of nitrogens with zero attached hydrogens (tertiary/aromatic N) is 2. The summed E-state index contributed by atoms with van der Waals surface area (Å²) in [6.45, 7) is 2.82. The zero-order valence-corrected chi connectivity index (χ0v) is 19.3. The summed E-state index contributed by atoms with van der Waals surface area (Å²) in [7, 11) is -2.01. The summed E-state index contributed by atoms with van der Waals surface area (Å²) in [5.41, 5.74) is 1.96. The lowest BCUT2D eigenvalue weighted by Crippen LogP contribution is -2.38. The van der Waals surface area contributed by atoms with Crippen LogP contribution in [0.4, 0.5) is 11.4 Å². The number of carbonyl (C=O) groups is 1. The standard InChI is InChI=1S/C24H31N3O4S/c1-26(20-9-3-2-4-10-20)32(29,30)21-11-7-8-19(18-21)24(28)25-22-12-5-6-13-23(22)27-14-16-31-17-15-27/h5-8,11-13,18,20H,2-4,9-10,14-17H2,1H3,(H,25,28). The fourth-order valence-electron chi connectivity index (χ4n) is 4.46. The number of ether oxygens (including phenoxy) is 1. The second-order valence-electron chi connectivity index (χ2n) is 8.41. The smallest absolute Gasteiger partial charge is 0.255 e. The van der Waals surface area contributed by atoms with Crippen LogP contribution in [0.1, 0.15) is 42.5 Å². The Morgan fingerprint density at radius 3 is 2.50 bits per heavy atom. The van der Waals surface area contributed by atoms with Gasteiger partial charge in [-0.25, -0.2) is 8.42 Å². The fraction of sp³-hybridized carbons (Fsp3) is 0.458. The van der Waals surface area contributed by atoms with Gasteiger partial charge in [-0.3, -0.25) is 4.79 Å². The van der Waals surface area contributed by atoms with E-state index in [0.29, 0.717) is 24.5 Å². The molecule has 7 nitrogen and oxygen atoms in total. The van der Waals surface area contributed by atoms with E-state index in [1.165, 1.54) is 10.4 Å². The molecule has 0 unspecified atom stereocenters. The maximum Gasteiger partial charge on any atom is 0.255 e. The molecule has 1 saturated carbocycles. The van der Waals surface area contributed by atoms with Gasteiger partial charge in [-0.15, -0.1) is 0 Å². The molecule has 2 aromatic carbocycles. The van der Waals surface area contributed by atoms with E-state index in [2.05, 4.69) is 10.2 Å². The minimum Gasteiger partial charge on any atom is -0.378 e. The van der Waals surface area contributed by atoms with E-state index in [1.807, 2.05) is 24.3 Å². The van der Waals surface area contributed by atoms with Crippen LogP contribution in [0.15, 0.2) is 53.4 Å². The van der Waals surface area contributed by atoms with Crippen molar-refractivity contribution >= 4 is 27.3 Å². The van der Waals surface area contributed by atoms with Gasteiger partial charge in [0.2, 0.25) is 10.0 Å². The van der Waals surface area contributed by atoms with E-state index in [-0.39, 0.29) is 16.8 Å². The molecule has 0 atom stereocenters. The van der Waals surface area contributed by atoms with E-state index in [1.54, 1.807) is 25.2 Å². The van der Waals surface area contributed by atoms with Crippen LogP contribution in [0.3, 0.4) is 0 Å². The van der Waals surface area contributed by atoms with Gasteiger partial charge in [-0.05, 0) is 43.2 Å². The Morgan fingerprint density at radius 2 is 1.75 bits per heavy atom. The number of benzene rings is 2. The Labute approximate surface area is 190 Å². The third kappa shape index (κ3) is 4.98. The molecule has 8 heteroatoms. The lowest BCUT2D eigenvalue weighted by atomic mass is 9.96. The highest BCUT2D eigenvalue weighted by Crippen LogP contribution is 2.29. The number of carbonyl (C=O) groups excluding carboxylic acids is 1. The molecule has 0 bridgehead atoms. The van der Waals surface area contributed by atoms with Crippen LogP contribution in [0.2, 0.25) is 0 Å². The third-order valence-electron chi connectivity index (χ3n) is 6.37. The summed E-state index contributed by atoms with van der Waals surface area (Å²) >= 11 is 0. The maximum atomic E-state index is 13.2. The largest absolute Gasteiger partial charge is 0.378 e. The van der Waals surface area contributed by atoms with Crippen molar-refractivity contribution in [3.05, 3.63) is 54.1 Å². The molecule has 172 valence electrons. The number of para-hydroxylation sites is 2. The first-order valence-electron chi connectivity index (χ1n) is 11.3. The Balaban J connectivity index is 1.53. The molecule has 32 heavy (non-hydrogen) atoms. The van der Waals surface area contributed by atoms with Crippen molar-refractivity contribution in [2.75, 3.05) is 43.6 Å². The molecule has 0 spiro atoms. The van der Waals surface area contributed by atoms with Crippen LogP contribution >= 0.6 is 0 Å².